The van der Waals surface area contributed by atoms with Gasteiger partial charge in [0.2, 0.25) is 11.8 Å². The van der Waals surface area contributed by atoms with Gasteiger partial charge in [0, 0.05) is 11.9 Å². The Labute approximate surface area is 164 Å². The standard InChI is InChI=1S/C21H28F3N3O/c1-3-5-7-8-9-16-10-12-17(13-11-16)26-20-25-15-18(21(22,23)24)19(27-20)28-14-6-4-2/h10-13,15H,3-9,14H2,1-2H3,(H,25,26,27). The molecule has 0 amide bonds. The third kappa shape index (κ3) is 7.02. The first-order valence-electron chi connectivity index (χ1n) is 9.87. The molecule has 0 radical (unpaired) electrons. The smallest absolute Gasteiger partial charge is 0.423 e. The summed E-state index contributed by atoms with van der Waals surface area (Å²) in [6.45, 7) is 4.31. The first-order chi connectivity index (χ1) is 13.4. The Morgan fingerprint density at radius 1 is 0.964 bits per heavy atom. The third-order valence-corrected chi connectivity index (χ3v) is 4.32. The maximum Gasteiger partial charge on any atom is 0.423 e. The fraction of sp³-hybridized carbons (Fsp3) is 0.524. The van der Waals surface area contributed by atoms with Crippen LogP contribution < -0.4 is 10.1 Å². The van der Waals surface area contributed by atoms with E-state index in [9.17, 15) is 13.2 Å². The molecule has 0 atom stereocenters. The average Bonchev–Trinajstić information content (AvgIpc) is 2.66. The number of rotatable bonds is 11. The predicted octanol–water partition coefficient (Wildman–Crippen LogP) is 6.54. The van der Waals surface area contributed by atoms with Crippen LogP contribution in [0.15, 0.2) is 30.5 Å². The van der Waals surface area contributed by atoms with Gasteiger partial charge in [0.05, 0.1) is 6.61 Å². The van der Waals surface area contributed by atoms with Crippen LogP contribution >= 0.6 is 0 Å². The minimum Gasteiger partial charge on any atom is -0.477 e. The first-order valence-corrected chi connectivity index (χ1v) is 9.87. The highest BCUT2D eigenvalue weighted by Crippen LogP contribution is 2.35. The SMILES string of the molecule is CCCCCCc1ccc(Nc2ncc(C(F)(F)F)c(OCCCC)n2)cc1. The lowest BCUT2D eigenvalue weighted by atomic mass is 10.1. The van der Waals surface area contributed by atoms with E-state index in [0.717, 1.165) is 31.1 Å². The Morgan fingerprint density at radius 2 is 1.68 bits per heavy atom. The molecule has 7 heteroatoms. The molecule has 0 bridgehead atoms. The summed E-state index contributed by atoms with van der Waals surface area (Å²) in [5, 5.41) is 2.95. The van der Waals surface area contributed by atoms with E-state index in [4.69, 9.17) is 4.74 Å². The molecule has 1 aromatic heterocycles. The number of ether oxygens (including phenoxy) is 1. The van der Waals surface area contributed by atoms with E-state index in [1.54, 1.807) is 0 Å². The first kappa shape index (κ1) is 22.0. The van der Waals surface area contributed by atoms with Crippen molar-refractivity contribution in [3.05, 3.63) is 41.6 Å². The molecule has 1 aromatic carbocycles. The Kier molecular flexibility index (Phi) is 8.54. The molecule has 0 aliphatic carbocycles. The molecule has 0 unspecified atom stereocenters. The maximum atomic E-state index is 13.1. The van der Waals surface area contributed by atoms with Crippen LogP contribution in [0.2, 0.25) is 0 Å². The molecule has 0 aliphatic rings. The lowest BCUT2D eigenvalue weighted by Gasteiger charge is -2.14. The Morgan fingerprint density at radius 3 is 2.32 bits per heavy atom. The van der Waals surface area contributed by atoms with Gasteiger partial charge in [0.25, 0.3) is 0 Å². The number of hydrogen-bond donors (Lipinski definition) is 1. The van der Waals surface area contributed by atoms with Crippen LogP contribution in [0.1, 0.15) is 63.5 Å². The lowest BCUT2D eigenvalue weighted by Crippen LogP contribution is -2.13. The van der Waals surface area contributed by atoms with E-state index < -0.39 is 17.6 Å². The van der Waals surface area contributed by atoms with Crippen molar-refractivity contribution in [2.75, 3.05) is 11.9 Å². The molecule has 4 nitrogen and oxygen atoms in total. The monoisotopic (exact) mass is 395 g/mol. The van der Waals surface area contributed by atoms with Crippen LogP contribution in [0.25, 0.3) is 0 Å². The summed E-state index contributed by atoms with van der Waals surface area (Å²) in [6, 6.07) is 7.79. The van der Waals surface area contributed by atoms with Crippen molar-refractivity contribution in [2.24, 2.45) is 0 Å². The van der Waals surface area contributed by atoms with Crippen molar-refractivity contribution < 1.29 is 17.9 Å². The minimum atomic E-state index is -4.56. The van der Waals surface area contributed by atoms with E-state index in [-0.39, 0.29) is 12.6 Å². The van der Waals surface area contributed by atoms with Gasteiger partial charge in [-0.1, -0.05) is 51.7 Å². The summed E-state index contributed by atoms with van der Waals surface area (Å²) in [5.74, 6) is -0.360. The number of benzene rings is 1. The zero-order chi connectivity index (χ0) is 20.4. The zero-order valence-electron chi connectivity index (χ0n) is 16.5. The van der Waals surface area contributed by atoms with Gasteiger partial charge in [0.1, 0.15) is 5.56 Å². The van der Waals surface area contributed by atoms with Gasteiger partial charge in [-0.3, -0.25) is 0 Å². The van der Waals surface area contributed by atoms with Gasteiger partial charge >= 0.3 is 6.18 Å². The topological polar surface area (TPSA) is 47.0 Å². The maximum absolute atomic E-state index is 13.1. The normalized spacial score (nSPS) is 11.5. The molecule has 28 heavy (non-hydrogen) atoms. The highest BCUT2D eigenvalue weighted by atomic mass is 19.4. The van der Waals surface area contributed by atoms with Crippen LogP contribution in [0.3, 0.4) is 0 Å². The highest BCUT2D eigenvalue weighted by molar-refractivity contribution is 5.54. The Balaban J connectivity index is 2.05. The second-order valence-corrected chi connectivity index (χ2v) is 6.74. The summed E-state index contributed by atoms with van der Waals surface area (Å²) in [4.78, 5) is 7.73. The van der Waals surface area contributed by atoms with Crippen molar-refractivity contribution in [2.45, 2.75) is 65.0 Å². The Hall–Kier alpha value is -2.31. The van der Waals surface area contributed by atoms with Crippen molar-refractivity contribution in [1.82, 2.24) is 9.97 Å². The summed E-state index contributed by atoms with van der Waals surface area (Å²) in [7, 11) is 0. The van der Waals surface area contributed by atoms with E-state index in [1.165, 1.54) is 24.8 Å². The molecule has 2 rings (SSSR count). The van der Waals surface area contributed by atoms with Gasteiger partial charge < -0.3 is 10.1 Å². The third-order valence-electron chi connectivity index (χ3n) is 4.32. The fourth-order valence-electron chi connectivity index (χ4n) is 2.68. The number of hydrogen-bond acceptors (Lipinski definition) is 4. The molecule has 0 fully saturated rings. The molecule has 0 aliphatic heterocycles. The van der Waals surface area contributed by atoms with Gasteiger partial charge in [-0.25, -0.2) is 4.98 Å². The second-order valence-electron chi connectivity index (χ2n) is 6.74. The van der Waals surface area contributed by atoms with Crippen LogP contribution in [-0.2, 0) is 12.6 Å². The van der Waals surface area contributed by atoms with E-state index in [2.05, 4.69) is 22.2 Å². The molecule has 1 heterocycles. The van der Waals surface area contributed by atoms with Crippen molar-refractivity contribution >= 4 is 11.6 Å². The molecule has 0 spiro atoms. The van der Waals surface area contributed by atoms with Crippen molar-refractivity contribution in [1.29, 1.82) is 0 Å². The van der Waals surface area contributed by atoms with Crippen LogP contribution in [0.5, 0.6) is 5.88 Å². The number of halogens is 3. The molecule has 154 valence electrons. The number of anilines is 2. The predicted molar refractivity (Wildman–Crippen MR) is 105 cm³/mol. The molecular formula is C21H28F3N3O. The summed E-state index contributed by atoms with van der Waals surface area (Å²) in [5.41, 5.74) is 0.992. The lowest BCUT2D eigenvalue weighted by molar-refractivity contribution is -0.139. The summed E-state index contributed by atoms with van der Waals surface area (Å²) < 4.78 is 44.6. The van der Waals surface area contributed by atoms with Crippen LogP contribution in [-0.4, -0.2) is 16.6 Å². The van der Waals surface area contributed by atoms with E-state index >= 15 is 0 Å². The molecular weight excluding hydrogens is 367 g/mol. The molecule has 0 saturated heterocycles. The van der Waals surface area contributed by atoms with Gasteiger partial charge in [-0.15, -0.1) is 0 Å². The molecule has 1 N–H and O–H groups in total. The fourth-order valence-corrected chi connectivity index (χ4v) is 2.68. The number of nitrogens with one attached hydrogen (secondary N) is 1. The minimum absolute atomic E-state index is 0.0789. The zero-order valence-corrected chi connectivity index (χ0v) is 16.5. The quantitative estimate of drug-likeness (QED) is 0.439. The number of aryl methyl sites for hydroxylation is 1. The number of nitrogens with zero attached hydrogens (tertiary/aromatic N) is 2. The van der Waals surface area contributed by atoms with Crippen molar-refractivity contribution in [3.8, 4) is 5.88 Å². The number of alkyl halides is 3. The van der Waals surface area contributed by atoms with Crippen molar-refractivity contribution in [3.63, 3.8) is 0 Å². The molecule has 0 saturated carbocycles. The summed E-state index contributed by atoms with van der Waals surface area (Å²) >= 11 is 0. The largest absolute Gasteiger partial charge is 0.477 e. The van der Waals surface area contributed by atoms with Gasteiger partial charge in [0.15, 0.2) is 0 Å². The highest BCUT2D eigenvalue weighted by Gasteiger charge is 2.36. The average molecular weight is 395 g/mol. The van der Waals surface area contributed by atoms with E-state index in [1.807, 2.05) is 31.2 Å². The molecule has 2 aromatic rings. The Bertz CT molecular complexity index is 718. The summed E-state index contributed by atoms with van der Waals surface area (Å²) in [6.07, 6.45) is 3.53. The van der Waals surface area contributed by atoms with E-state index in [0.29, 0.717) is 6.42 Å². The van der Waals surface area contributed by atoms with Gasteiger partial charge in [-0.05, 0) is 37.0 Å². The number of aromatic nitrogens is 2. The van der Waals surface area contributed by atoms with Crippen LogP contribution in [0.4, 0.5) is 24.8 Å². The van der Waals surface area contributed by atoms with Crippen LogP contribution in [0, 0.1) is 0 Å². The number of unbranched alkanes of at least 4 members (excludes halogenated alkanes) is 4. The van der Waals surface area contributed by atoms with Gasteiger partial charge in [-0.2, -0.15) is 18.2 Å². The second kappa shape index (κ2) is 10.9.